The maximum atomic E-state index is 13.4. The van der Waals surface area contributed by atoms with E-state index in [1.807, 2.05) is 6.07 Å². The van der Waals surface area contributed by atoms with Crippen LogP contribution >= 0.6 is 0 Å². The van der Waals surface area contributed by atoms with E-state index in [0.717, 1.165) is 18.4 Å². The SMILES string of the molecule is COc1ccc(CNC(=O)c2cc(S(=O)(=O)N3CCNCC3)ccc2NC2CCC(O)CC2)cc1OC. The lowest BCUT2D eigenvalue weighted by atomic mass is 9.92. The minimum atomic E-state index is -3.74. The lowest BCUT2D eigenvalue weighted by Crippen LogP contribution is -2.46. The van der Waals surface area contributed by atoms with Crippen LogP contribution in [0.5, 0.6) is 11.5 Å². The van der Waals surface area contributed by atoms with Gasteiger partial charge in [0.05, 0.1) is 30.8 Å². The highest BCUT2D eigenvalue weighted by molar-refractivity contribution is 7.89. The fourth-order valence-electron chi connectivity index (χ4n) is 4.74. The number of rotatable bonds is 9. The molecule has 2 aromatic rings. The van der Waals surface area contributed by atoms with E-state index in [1.54, 1.807) is 38.5 Å². The van der Waals surface area contributed by atoms with Crippen LogP contribution in [-0.4, -0.2) is 76.3 Å². The summed E-state index contributed by atoms with van der Waals surface area (Å²) in [5.41, 5.74) is 1.65. The van der Waals surface area contributed by atoms with Crippen LogP contribution in [0.25, 0.3) is 0 Å². The third-order valence-corrected chi connectivity index (χ3v) is 8.80. The van der Waals surface area contributed by atoms with Crippen LogP contribution in [0.15, 0.2) is 41.3 Å². The molecule has 0 spiro atoms. The van der Waals surface area contributed by atoms with E-state index in [4.69, 9.17) is 9.47 Å². The van der Waals surface area contributed by atoms with Crippen molar-refractivity contribution in [1.29, 1.82) is 0 Å². The molecule has 4 rings (SSSR count). The van der Waals surface area contributed by atoms with E-state index in [0.29, 0.717) is 56.2 Å². The quantitative estimate of drug-likeness (QED) is 0.386. The summed E-state index contributed by atoms with van der Waals surface area (Å²) in [7, 11) is -0.631. The van der Waals surface area contributed by atoms with Crippen molar-refractivity contribution in [2.75, 3.05) is 45.7 Å². The van der Waals surface area contributed by atoms with Crippen LogP contribution in [0.2, 0.25) is 0 Å². The first-order valence-corrected chi connectivity index (χ1v) is 14.0. The minimum Gasteiger partial charge on any atom is -0.493 e. The molecule has 0 atom stereocenters. The van der Waals surface area contributed by atoms with Crippen LogP contribution in [0.1, 0.15) is 41.6 Å². The number of ether oxygens (including phenoxy) is 2. The van der Waals surface area contributed by atoms with Gasteiger partial charge in [0.2, 0.25) is 10.0 Å². The average molecular weight is 533 g/mol. The van der Waals surface area contributed by atoms with E-state index in [9.17, 15) is 18.3 Å². The van der Waals surface area contributed by atoms with Gasteiger partial charge in [-0.1, -0.05) is 6.07 Å². The normalized spacial score (nSPS) is 20.7. The van der Waals surface area contributed by atoms with Crippen molar-refractivity contribution in [2.45, 2.75) is 49.3 Å². The number of hydrogen-bond donors (Lipinski definition) is 4. The molecule has 10 nitrogen and oxygen atoms in total. The first-order chi connectivity index (χ1) is 17.8. The van der Waals surface area contributed by atoms with Gasteiger partial charge in [0.15, 0.2) is 11.5 Å². The van der Waals surface area contributed by atoms with Crippen molar-refractivity contribution in [3.63, 3.8) is 0 Å². The zero-order valence-corrected chi connectivity index (χ0v) is 22.1. The van der Waals surface area contributed by atoms with Crippen molar-refractivity contribution < 1.29 is 27.8 Å². The molecule has 1 saturated heterocycles. The highest BCUT2D eigenvalue weighted by atomic mass is 32.2. The Morgan fingerprint density at radius 2 is 1.73 bits per heavy atom. The van der Waals surface area contributed by atoms with Crippen molar-refractivity contribution in [3.8, 4) is 11.5 Å². The van der Waals surface area contributed by atoms with Gasteiger partial charge in [0.25, 0.3) is 5.91 Å². The second kappa shape index (κ2) is 12.1. The summed E-state index contributed by atoms with van der Waals surface area (Å²) < 4.78 is 38.7. The minimum absolute atomic E-state index is 0.0929. The second-order valence-corrected chi connectivity index (χ2v) is 11.3. The molecule has 202 valence electrons. The largest absolute Gasteiger partial charge is 0.493 e. The molecule has 2 aliphatic rings. The number of aliphatic hydroxyl groups excluding tert-OH is 1. The number of piperazine rings is 1. The molecular weight excluding hydrogens is 496 g/mol. The number of methoxy groups -OCH3 is 2. The van der Waals surface area contributed by atoms with Crippen LogP contribution in [-0.2, 0) is 16.6 Å². The highest BCUT2D eigenvalue weighted by Crippen LogP contribution is 2.29. The van der Waals surface area contributed by atoms with Gasteiger partial charge in [0, 0.05) is 44.5 Å². The monoisotopic (exact) mass is 532 g/mol. The predicted molar refractivity (Wildman–Crippen MR) is 141 cm³/mol. The smallest absolute Gasteiger partial charge is 0.253 e. The molecule has 1 amide bonds. The summed E-state index contributed by atoms with van der Waals surface area (Å²) in [6, 6.07) is 10.2. The fourth-order valence-corrected chi connectivity index (χ4v) is 6.21. The lowest BCUT2D eigenvalue weighted by Gasteiger charge is -2.29. The molecule has 0 aromatic heterocycles. The molecule has 0 unspecified atom stereocenters. The molecule has 4 N–H and O–H groups in total. The van der Waals surface area contributed by atoms with Crippen LogP contribution in [0.4, 0.5) is 5.69 Å². The maximum Gasteiger partial charge on any atom is 0.253 e. The third-order valence-electron chi connectivity index (χ3n) is 6.91. The van der Waals surface area contributed by atoms with Crippen molar-refractivity contribution >= 4 is 21.6 Å². The number of nitrogens with zero attached hydrogens (tertiary/aromatic N) is 1. The number of nitrogens with one attached hydrogen (secondary N) is 3. The number of carbonyl (C=O) groups excluding carboxylic acids is 1. The molecule has 11 heteroatoms. The summed E-state index contributed by atoms with van der Waals surface area (Å²) in [6.45, 7) is 2.17. The predicted octanol–water partition coefficient (Wildman–Crippen LogP) is 1.94. The van der Waals surface area contributed by atoms with E-state index in [2.05, 4.69) is 16.0 Å². The van der Waals surface area contributed by atoms with Crippen LogP contribution in [0, 0.1) is 0 Å². The Morgan fingerprint density at radius 1 is 1.03 bits per heavy atom. The summed E-state index contributed by atoms with van der Waals surface area (Å²) >= 11 is 0. The molecule has 37 heavy (non-hydrogen) atoms. The lowest BCUT2D eigenvalue weighted by molar-refractivity contribution is 0.0951. The fraction of sp³-hybridized carbons (Fsp3) is 0.500. The standard InChI is InChI=1S/C26H36N4O6S/c1-35-24-10-3-18(15-25(24)36-2)17-28-26(32)22-16-21(37(33,34)30-13-11-27-12-14-30)8-9-23(22)29-19-4-6-20(31)7-5-19/h3,8-10,15-16,19-20,27,29,31H,4-7,11-14,17H2,1-2H3,(H,28,32). The van der Waals surface area contributed by atoms with Crippen LogP contribution in [0.3, 0.4) is 0 Å². The van der Waals surface area contributed by atoms with Gasteiger partial charge in [-0.15, -0.1) is 0 Å². The Bertz CT molecular complexity index is 1190. The number of benzene rings is 2. The van der Waals surface area contributed by atoms with Crippen LogP contribution < -0.4 is 25.4 Å². The number of hydrogen-bond acceptors (Lipinski definition) is 8. The molecular formula is C26H36N4O6S. The molecule has 0 bridgehead atoms. The second-order valence-electron chi connectivity index (χ2n) is 9.38. The molecule has 1 aliphatic heterocycles. The number of aliphatic hydroxyl groups is 1. The number of sulfonamides is 1. The molecule has 2 aromatic carbocycles. The van der Waals surface area contributed by atoms with E-state index in [-0.39, 0.29) is 35.1 Å². The van der Waals surface area contributed by atoms with Gasteiger partial charge < -0.3 is 30.5 Å². The Labute approximate surface area is 218 Å². The Morgan fingerprint density at radius 3 is 2.41 bits per heavy atom. The van der Waals surface area contributed by atoms with Gasteiger partial charge in [-0.25, -0.2) is 8.42 Å². The van der Waals surface area contributed by atoms with E-state index < -0.39 is 10.0 Å². The Kier molecular flexibility index (Phi) is 8.91. The highest BCUT2D eigenvalue weighted by Gasteiger charge is 2.28. The molecule has 0 radical (unpaired) electrons. The average Bonchev–Trinajstić information content (AvgIpc) is 2.93. The topological polar surface area (TPSA) is 129 Å². The van der Waals surface area contributed by atoms with Gasteiger partial charge in [-0.05, 0) is 61.6 Å². The molecule has 1 aliphatic carbocycles. The zero-order valence-electron chi connectivity index (χ0n) is 21.3. The van der Waals surface area contributed by atoms with Gasteiger partial charge in [0.1, 0.15) is 0 Å². The maximum absolute atomic E-state index is 13.4. The van der Waals surface area contributed by atoms with Gasteiger partial charge in [-0.3, -0.25) is 4.79 Å². The summed E-state index contributed by atoms with van der Waals surface area (Å²) in [5, 5.41) is 19.3. The number of anilines is 1. The van der Waals surface area contributed by atoms with E-state index in [1.165, 1.54) is 10.4 Å². The van der Waals surface area contributed by atoms with E-state index >= 15 is 0 Å². The number of carbonyl (C=O) groups is 1. The number of amides is 1. The van der Waals surface area contributed by atoms with Crippen molar-refractivity contribution in [3.05, 3.63) is 47.5 Å². The third kappa shape index (κ3) is 6.53. The molecule has 1 saturated carbocycles. The summed E-state index contributed by atoms with van der Waals surface area (Å²) in [6.07, 6.45) is 2.62. The first kappa shape index (κ1) is 27.2. The molecule has 2 fully saturated rings. The Balaban J connectivity index is 1.58. The molecule has 1 heterocycles. The zero-order chi connectivity index (χ0) is 26.4. The van der Waals surface area contributed by atoms with Gasteiger partial charge >= 0.3 is 0 Å². The summed E-state index contributed by atoms with van der Waals surface area (Å²) in [5.74, 6) is 0.762. The van der Waals surface area contributed by atoms with Crippen molar-refractivity contribution in [1.82, 2.24) is 14.9 Å². The van der Waals surface area contributed by atoms with Crippen molar-refractivity contribution in [2.24, 2.45) is 0 Å². The van der Waals surface area contributed by atoms with Gasteiger partial charge in [-0.2, -0.15) is 4.31 Å². The summed E-state index contributed by atoms with van der Waals surface area (Å²) in [4.78, 5) is 13.5. The first-order valence-electron chi connectivity index (χ1n) is 12.6. The Hall–Kier alpha value is -2.86.